The summed E-state index contributed by atoms with van der Waals surface area (Å²) < 4.78 is 0. The number of aryl methyl sites for hydroxylation is 1. The van der Waals surface area contributed by atoms with Crippen molar-refractivity contribution in [2.45, 2.75) is 64.8 Å². The van der Waals surface area contributed by atoms with Crippen molar-refractivity contribution in [3.05, 3.63) is 160 Å². The van der Waals surface area contributed by atoms with Crippen molar-refractivity contribution in [1.82, 2.24) is 4.98 Å². The summed E-state index contributed by atoms with van der Waals surface area (Å²) in [5, 5.41) is 11.6. The van der Waals surface area contributed by atoms with Gasteiger partial charge in [0, 0.05) is 31.4 Å². The second kappa shape index (κ2) is 19.5. The van der Waals surface area contributed by atoms with E-state index in [4.69, 9.17) is 15.6 Å². The summed E-state index contributed by atoms with van der Waals surface area (Å²) in [5.41, 5.74) is 11.4. The Bertz CT molecular complexity index is 1620. The first-order valence-electron chi connectivity index (χ1n) is 14.6. The number of aromatic nitrogens is 1. The molecule has 6 rings (SSSR count). The van der Waals surface area contributed by atoms with E-state index in [2.05, 4.69) is 119 Å². The molecule has 0 N–H and O–H groups in total. The largest absolute Gasteiger partial charge is 4.00 e. The molecule has 1 unspecified atom stereocenters. The Hall–Kier alpha value is -2.37. The third-order valence-corrected chi connectivity index (χ3v) is 8.06. The second-order valence-corrected chi connectivity index (χ2v) is 11.5. The van der Waals surface area contributed by atoms with Crippen molar-refractivity contribution in [3.8, 4) is 11.3 Å². The van der Waals surface area contributed by atoms with Crippen molar-refractivity contribution < 1.29 is 51.7 Å². The van der Waals surface area contributed by atoms with Crippen LogP contribution in [-0.2, 0) is 58.1 Å². The molecular weight excluding hydrogens is 891 g/mol. The molecular formula is C41H49Hf2N3-2. The molecule has 1 aliphatic rings. The third-order valence-electron chi connectivity index (χ3n) is 8.06. The molecule has 0 fully saturated rings. The average molecular weight is 941 g/mol. The maximum Gasteiger partial charge on any atom is 4.00 e. The minimum absolute atomic E-state index is 0. The van der Waals surface area contributed by atoms with E-state index in [0.29, 0.717) is 11.8 Å². The Labute approximate surface area is 318 Å². The summed E-state index contributed by atoms with van der Waals surface area (Å²) in [4.78, 5) is 5.30. The van der Waals surface area contributed by atoms with Gasteiger partial charge in [0.1, 0.15) is 0 Å². The number of nitrogens with zero attached hydrogens (tertiary/aromatic N) is 3. The number of para-hydroxylation sites is 3. The maximum atomic E-state index is 5.32. The first-order valence-corrected chi connectivity index (χ1v) is 14.6. The summed E-state index contributed by atoms with van der Waals surface area (Å²) in [6.07, 6.45) is 3.29. The van der Waals surface area contributed by atoms with E-state index in [1.54, 1.807) is 0 Å². The molecule has 1 aromatic heterocycles. The molecule has 1 atom stereocenters. The van der Waals surface area contributed by atoms with Gasteiger partial charge in [-0.05, 0) is 40.8 Å². The van der Waals surface area contributed by atoms with Gasteiger partial charge < -0.3 is 40.3 Å². The molecule has 238 valence electrons. The van der Waals surface area contributed by atoms with E-state index in [1.807, 2.05) is 6.07 Å². The van der Waals surface area contributed by atoms with Crippen LogP contribution in [-0.4, -0.2) is 4.98 Å². The van der Waals surface area contributed by atoms with Gasteiger partial charge in [0.15, 0.2) is 0 Å². The van der Waals surface area contributed by atoms with E-state index >= 15 is 0 Å². The second-order valence-electron chi connectivity index (χ2n) is 11.5. The van der Waals surface area contributed by atoms with E-state index in [-0.39, 0.29) is 87.4 Å². The molecule has 46 heavy (non-hydrogen) atoms. The number of fused-ring (bicyclic) bond motifs is 2. The molecule has 4 aromatic carbocycles. The third kappa shape index (κ3) is 9.16. The van der Waals surface area contributed by atoms with Crippen molar-refractivity contribution in [2.24, 2.45) is 0 Å². The SMILES string of the molecule is CC(C)c1cccc(C(C)C)c1[N-]c1cccc2ccc(-c3cccc4c3C([N-]c3ccccc3)CCC4)nc12.[CH3-].[CH3-].[CH3-].[CH3-].[Hf+4].[Hf]. The normalized spacial score (nSPS) is 13.0. The quantitative estimate of drug-likeness (QED) is 0.118. The van der Waals surface area contributed by atoms with Crippen molar-refractivity contribution in [2.75, 3.05) is 0 Å². The van der Waals surface area contributed by atoms with Crippen LogP contribution in [0.1, 0.15) is 80.7 Å². The smallest absolute Gasteiger partial charge is 0.678 e. The van der Waals surface area contributed by atoms with Crippen molar-refractivity contribution >= 4 is 28.0 Å². The fourth-order valence-electron chi connectivity index (χ4n) is 6.03. The van der Waals surface area contributed by atoms with Gasteiger partial charge in [-0.1, -0.05) is 149 Å². The van der Waals surface area contributed by atoms with Gasteiger partial charge >= 0.3 is 25.8 Å². The molecule has 0 spiro atoms. The predicted octanol–water partition coefficient (Wildman–Crippen LogP) is 13.4. The van der Waals surface area contributed by atoms with Crippen LogP contribution in [0, 0.1) is 29.7 Å². The Morgan fingerprint density at radius 1 is 0.696 bits per heavy atom. The number of rotatable bonds is 7. The Kier molecular flexibility index (Phi) is 18.4. The van der Waals surface area contributed by atoms with Gasteiger partial charge in [-0.3, -0.25) is 0 Å². The predicted molar refractivity (Wildman–Crippen MR) is 195 cm³/mol. The van der Waals surface area contributed by atoms with Crippen molar-refractivity contribution in [1.29, 1.82) is 0 Å². The molecule has 0 saturated carbocycles. The molecule has 5 aromatic rings. The topological polar surface area (TPSA) is 41.1 Å². The van der Waals surface area contributed by atoms with Crippen LogP contribution in [0.25, 0.3) is 32.8 Å². The number of pyridine rings is 1. The summed E-state index contributed by atoms with van der Waals surface area (Å²) in [5.74, 6) is 0.772. The molecule has 0 amide bonds. The van der Waals surface area contributed by atoms with Crippen molar-refractivity contribution in [3.63, 3.8) is 0 Å². The van der Waals surface area contributed by atoms with Gasteiger partial charge in [-0.25, -0.2) is 4.98 Å². The molecule has 0 saturated heterocycles. The Balaban J connectivity index is 0.00000337. The van der Waals surface area contributed by atoms with E-state index in [9.17, 15) is 0 Å². The molecule has 0 bridgehead atoms. The number of benzene rings is 4. The van der Waals surface area contributed by atoms with E-state index < -0.39 is 0 Å². The van der Waals surface area contributed by atoms with E-state index in [1.165, 1.54) is 27.8 Å². The minimum atomic E-state index is 0. The van der Waals surface area contributed by atoms with Crippen LogP contribution >= 0.6 is 0 Å². The maximum absolute atomic E-state index is 5.32. The average Bonchev–Trinajstić information content (AvgIpc) is 2.97. The molecule has 5 heteroatoms. The molecule has 0 radical (unpaired) electrons. The van der Waals surface area contributed by atoms with Crippen LogP contribution in [0.4, 0.5) is 17.1 Å². The van der Waals surface area contributed by atoms with Gasteiger partial charge in [-0.2, -0.15) is 0 Å². The first kappa shape index (κ1) is 43.6. The zero-order chi connectivity index (χ0) is 27.6. The van der Waals surface area contributed by atoms with Crippen LogP contribution in [0.3, 0.4) is 0 Å². The Morgan fingerprint density at radius 3 is 1.98 bits per heavy atom. The summed E-state index contributed by atoms with van der Waals surface area (Å²) in [6, 6.07) is 34.4. The first-order chi connectivity index (χ1) is 19.5. The van der Waals surface area contributed by atoms with Gasteiger partial charge in [0.25, 0.3) is 0 Å². The molecule has 3 nitrogen and oxygen atoms in total. The molecule has 0 aliphatic heterocycles. The number of hydrogen-bond acceptors (Lipinski definition) is 1. The summed E-state index contributed by atoms with van der Waals surface area (Å²) in [7, 11) is 0. The molecule has 1 heterocycles. The zero-order valence-corrected chi connectivity index (χ0v) is 36.1. The standard InChI is InChI=1S/C37H37N3.4CH3.2Hf/c1-24(2)29-17-11-18-30(25(3)4)37(29)40-34-21-10-14-27-22-23-32(39-36(27)34)31-19-8-12-26-13-9-20-33(35(26)31)38-28-15-6-5-7-16-28;;;;;;/h5-8,10-12,14-19,21-25,33H,9,13,20H2,1-4H3;4*1H3;;/q-2;4*-1;;+4. The van der Waals surface area contributed by atoms with Crippen LogP contribution in [0.5, 0.6) is 0 Å². The number of hydrogen-bond donors (Lipinski definition) is 0. The van der Waals surface area contributed by atoms with E-state index in [0.717, 1.165) is 52.9 Å². The summed E-state index contributed by atoms with van der Waals surface area (Å²) in [6.45, 7) is 8.97. The van der Waals surface area contributed by atoms with Crippen LogP contribution < -0.4 is 0 Å². The van der Waals surface area contributed by atoms with Gasteiger partial charge in [0.05, 0.1) is 11.2 Å². The van der Waals surface area contributed by atoms with Gasteiger partial charge in [-0.15, -0.1) is 17.1 Å². The van der Waals surface area contributed by atoms with Crippen LogP contribution in [0.15, 0.2) is 97.1 Å². The Morgan fingerprint density at radius 2 is 1.33 bits per heavy atom. The van der Waals surface area contributed by atoms with Crippen LogP contribution in [0.2, 0.25) is 0 Å². The fraction of sp³-hybridized carbons (Fsp3) is 0.244. The minimum Gasteiger partial charge on any atom is -0.678 e. The molecule has 1 aliphatic carbocycles. The fourth-order valence-corrected chi connectivity index (χ4v) is 6.03. The summed E-state index contributed by atoms with van der Waals surface area (Å²) >= 11 is 0. The monoisotopic (exact) mass is 943 g/mol. The van der Waals surface area contributed by atoms with Gasteiger partial charge in [0.2, 0.25) is 0 Å². The zero-order valence-electron chi connectivity index (χ0n) is 28.9.